The molecular formula is C53H41N. The van der Waals surface area contributed by atoms with E-state index in [4.69, 9.17) is 0 Å². The maximum Gasteiger partial charge on any atom is 0.0465 e. The molecule has 0 amide bonds. The molecule has 0 radical (unpaired) electrons. The zero-order valence-corrected chi connectivity index (χ0v) is 30.5. The van der Waals surface area contributed by atoms with Crippen LogP contribution in [0.2, 0.25) is 0 Å². The smallest absolute Gasteiger partial charge is 0.0465 e. The van der Waals surface area contributed by atoms with Gasteiger partial charge in [0.2, 0.25) is 0 Å². The average Bonchev–Trinajstić information content (AvgIpc) is 3.25. The predicted molar refractivity (Wildman–Crippen MR) is 232 cm³/mol. The van der Waals surface area contributed by atoms with Crippen molar-refractivity contribution in [3.63, 3.8) is 0 Å². The van der Waals surface area contributed by atoms with Gasteiger partial charge in [0.05, 0.1) is 0 Å². The maximum atomic E-state index is 2.56. The van der Waals surface area contributed by atoms with Crippen molar-refractivity contribution in [2.45, 2.75) is 26.2 Å². The van der Waals surface area contributed by atoms with E-state index in [0.717, 1.165) is 19.3 Å². The van der Waals surface area contributed by atoms with Crippen LogP contribution in [-0.4, -0.2) is 0 Å². The fourth-order valence-electron chi connectivity index (χ4n) is 8.89. The van der Waals surface area contributed by atoms with Crippen LogP contribution in [0.4, 0.5) is 5.69 Å². The summed E-state index contributed by atoms with van der Waals surface area (Å²) < 4.78 is 0. The van der Waals surface area contributed by atoms with Crippen molar-refractivity contribution in [3.8, 4) is 33.4 Å². The fourth-order valence-corrected chi connectivity index (χ4v) is 8.89. The van der Waals surface area contributed by atoms with Crippen molar-refractivity contribution in [2.75, 3.05) is 4.90 Å². The molecule has 1 heteroatoms. The number of nitrogens with zero attached hydrogens (tertiary/aromatic N) is 1. The number of benzene rings is 8. The van der Waals surface area contributed by atoms with Crippen molar-refractivity contribution < 1.29 is 0 Å². The van der Waals surface area contributed by atoms with Gasteiger partial charge in [0.15, 0.2) is 0 Å². The van der Waals surface area contributed by atoms with Gasteiger partial charge < -0.3 is 4.90 Å². The largest absolute Gasteiger partial charge is 0.314 e. The molecule has 0 spiro atoms. The maximum absolute atomic E-state index is 2.56. The number of hydrogen-bond acceptors (Lipinski definition) is 1. The van der Waals surface area contributed by atoms with E-state index in [0.29, 0.717) is 5.92 Å². The number of fused-ring (bicyclic) bond motifs is 7. The molecule has 0 fully saturated rings. The summed E-state index contributed by atoms with van der Waals surface area (Å²) in [6.07, 6.45) is 12.6. The van der Waals surface area contributed by atoms with E-state index in [1.807, 2.05) is 0 Å². The second-order valence-electron chi connectivity index (χ2n) is 14.8. The minimum absolute atomic E-state index is 0.536. The Balaban J connectivity index is 1.36. The summed E-state index contributed by atoms with van der Waals surface area (Å²) in [4.78, 5) is 2.56. The number of allylic oxidation sites excluding steroid dienone is 3. The second kappa shape index (κ2) is 13.5. The molecule has 0 aromatic heterocycles. The quantitative estimate of drug-likeness (QED) is 0.157. The fraction of sp³-hybridized carbons (Fsp3) is 0.0943. The van der Waals surface area contributed by atoms with Gasteiger partial charge in [0, 0.05) is 22.3 Å². The zero-order chi connectivity index (χ0) is 36.0. The Morgan fingerprint density at radius 3 is 1.87 bits per heavy atom. The minimum Gasteiger partial charge on any atom is -0.314 e. The Kier molecular flexibility index (Phi) is 8.07. The van der Waals surface area contributed by atoms with Crippen LogP contribution in [0.1, 0.15) is 26.2 Å². The van der Waals surface area contributed by atoms with E-state index in [1.165, 1.54) is 93.2 Å². The monoisotopic (exact) mass is 691 g/mol. The van der Waals surface area contributed by atoms with E-state index in [-0.39, 0.29) is 0 Å². The molecule has 0 aliphatic heterocycles. The summed E-state index contributed by atoms with van der Waals surface area (Å²) in [5, 5.41) is 10.3. The molecule has 258 valence electrons. The zero-order valence-electron chi connectivity index (χ0n) is 30.5. The van der Waals surface area contributed by atoms with E-state index in [1.54, 1.807) is 0 Å². The molecule has 1 nitrogen and oxygen atoms in total. The van der Waals surface area contributed by atoms with Crippen LogP contribution in [0.5, 0.6) is 0 Å². The van der Waals surface area contributed by atoms with Gasteiger partial charge >= 0.3 is 0 Å². The van der Waals surface area contributed by atoms with Crippen molar-refractivity contribution in [2.24, 2.45) is 5.92 Å². The molecule has 0 N–H and O–H groups in total. The lowest BCUT2D eigenvalue weighted by Crippen LogP contribution is -2.36. The summed E-state index contributed by atoms with van der Waals surface area (Å²) in [6.45, 7) is 2.30. The molecule has 0 heterocycles. The van der Waals surface area contributed by atoms with Crippen molar-refractivity contribution >= 4 is 49.8 Å². The topological polar surface area (TPSA) is 3.24 Å². The minimum atomic E-state index is 0.536. The normalized spacial score (nSPS) is 15.2. The van der Waals surface area contributed by atoms with Gasteiger partial charge in [0.25, 0.3) is 0 Å². The first-order valence-corrected chi connectivity index (χ1v) is 19.3. The van der Waals surface area contributed by atoms with Crippen LogP contribution < -0.4 is 15.3 Å². The van der Waals surface area contributed by atoms with Crippen molar-refractivity contribution in [1.29, 1.82) is 0 Å². The first kappa shape index (κ1) is 32.2. The van der Waals surface area contributed by atoms with Crippen LogP contribution in [0.15, 0.2) is 188 Å². The van der Waals surface area contributed by atoms with Crippen molar-refractivity contribution in [1.82, 2.24) is 0 Å². The summed E-state index contributed by atoms with van der Waals surface area (Å²) in [6, 6.07) is 60.6. The molecule has 0 saturated heterocycles. The molecule has 0 bridgehead atoms. The first-order valence-electron chi connectivity index (χ1n) is 19.3. The summed E-state index contributed by atoms with van der Waals surface area (Å²) >= 11 is 0. The van der Waals surface area contributed by atoms with Crippen LogP contribution in [0.3, 0.4) is 0 Å². The molecule has 0 saturated carbocycles. The third-order valence-electron chi connectivity index (χ3n) is 11.4. The average molecular weight is 692 g/mol. The summed E-state index contributed by atoms with van der Waals surface area (Å²) in [5.74, 6) is 0.536. The SMILES string of the molecule is CC1C=CC(N(C2=c3ccccc3=CCC2)c2ccc3c(c2)c2ccccc2c2c(-c4ccccc4)cc(-c4ccccc4)c(-c4ccccc4)c32)=CC1. The molecule has 2 aliphatic rings. The highest BCUT2D eigenvalue weighted by atomic mass is 15.2. The number of hydrogen-bond donors (Lipinski definition) is 0. The molecule has 8 aromatic carbocycles. The van der Waals surface area contributed by atoms with Crippen LogP contribution in [-0.2, 0) is 0 Å². The van der Waals surface area contributed by atoms with Gasteiger partial charge in [-0.25, -0.2) is 0 Å². The van der Waals surface area contributed by atoms with Crippen molar-refractivity contribution in [3.05, 3.63) is 198 Å². The molecule has 54 heavy (non-hydrogen) atoms. The summed E-state index contributed by atoms with van der Waals surface area (Å²) in [7, 11) is 0. The standard InChI is InChI=1S/C53H41N/c1-36-28-30-41(31-29-36)54(50-27-15-23-37-20-11-12-24-43(37)50)42-32-33-46-49(34-42)44-25-13-14-26-45(44)52-48(39-18-7-3-8-19-39)35-47(38-16-5-2-6-17-38)51(53(46)52)40-21-9-4-10-22-40/h2-14,16-26,28,30-36H,15,27,29H2,1H3. The van der Waals surface area contributed by atoms with E-state index in [9.17, 15) is 0 Å². The van der Waals surface area contributed by atoms with Gasteiger partial charge in [-0.3, -0.25) is 0 Å². The Hall–Kier alpha value is -6.44. The Labute approximate surface area is 317 Å². The Bertz CT molecular complexity index is 2900. The predicted octanol–water partition coefficient (Wildman–Crippen LogP) is 12.8. The Morgan fingerprint density at radius 1 is 0.519 bits per heavy atom. The highest BCUT2D eigenvalue weighted by molar-refractivity contribution is 6.33. The van der Waals surface area contributed by atoms with E-state index < -0.39 is 0 Å². The summed E-state index contributed by atoms with van der Waals surface area (Å²) in [5.41, 5.74) is 11.3. The highest BCUT2D eigenvalue weighted by Crippen LogP contribution is 2.49. The lowest BCUT2D eigenvalue weighted by molar-refractivity contribution is 0.728. The van der Waals surface area contributed by atoms with Crippen LogP contribution >= 0.6 is 0 Å². The second-order valence-corrected chi connectivity index (χ2v) is 14.8. The molecule has 2 aliphatic carbocycles. The third-order valence-corrected chi connectivity index (χ3v) is 11.4. The van der Waals surface area contributed by atoms with Gasteiger partial charge in [-0.05, 0) is 120 Å². The van der Waals surface area contributed by atoms with Crippen LogP contribution in [0.25, 0.3) is 77.5 Å². The van der Waals surface area contributed by atoms with Gasteiger partial charge in [-0.2, -0.15) is 0 Å². The number of anilines is 1. The van der Waals surface area contributed by atoms with Gasteiger partial charge in [-0.15, -0.1) is 0 Å². The highest BCUT2D eigenvalue weighted by Gasteiger charge is 2.24. The molecule has 10 rings (SSSR count). The third kappa shape index (κ3) is 5.47. The molecular weight excluding hydrogens is 651 g/mol. The molecule has 8 aromatic rings. The van der Waals surface area contributed by atoms with Crippen LogP contribution in [0, 0.1) is 5.92 Å². The van der Waals surface area contributed by atoms with Gasteiger partial charge in [-0.1, -0.05) is 171 Å². The van der Waals surface area contributed by atoms with E-state index >= 15 is 0 Å². The molecule has 1 unspecified atom stereocenters. The lowest BCUT2D eigenvalue weighted by atomic mass is 9.81. The first-order chi connectivity index (χ1) is 26.7. The van der Waals surface area contributed by atoms with E-state index in [2.05, 4.69) is 200 Å². The van der Waals surface area contributed by atoms with Gasteiger partial charge in [0.1, 0.15) is 0 Å². The molecule has 1 atom stereocenters. The Morgan fingerprint density at radius 2 is 1.15 bits per heavy atom. The number of rotatable bonds is 6. The lowest BCUT2D eigenvalue weighted by Gasteiger charge is -2.32.